The average Bonchev–Trinajstić information content (AvgIpc) is 3.21. The van der Waals surface area contributed by atoms with E-state index in [2.05, 4.69) is 10.3 Å². The van der Waals surface area contributed by atoms with Crippen LogP contribution in [-0.4, -0.2) is 28.0 Å². The van der Waals surface area contributed by atoms with Crippen LogP contribution in [0.1, 0.15) is 41.0 Å². The van der Waals surface area contributed by atoms with Gasteiger partial charge in [0.25, 0.3) is 5.91 Å². The van der Waals surface area contributed by atoms with Crippen LogP contribution in [0.15, 0.2) is 12.1 Å². The monoisotopic (exact) mass is 273 g/mol. The molecule has 1 atom stereocenters. The molecule has 2 N–H and O–H groups in total. The standard InChI is InChI=1S/C14H15N3O3/c1-8-10(7-15)4-5-11(16-8)14(20)17-12(6-13(18)19)9-2-3-9/h4-5,9,12H,2-3,6H2,1H3,(H,17,20)(H,18,19). The molecule has 104 valence electrons. The number of carbonyl (C=O) groups is 2. The van der Waals surface area contributed by atoms with Crippen LogP contribution in [0.4, 0.5) is 0 Å². The van der Waals surface area contributed by atoms with Crippen molar-refractivity contribution in [2.45, 2.75) is 32.2 Å². The smallest absolute Gasteiger partial charge is 0.305 e. The Bertz CT molecular complexity index is 588. The van der Waals surface area contributed by atoms with E-state index in [1.54, 1.807) is 13.0 Å². The molecule has 0 saturated heterocycles. The maximum atomic E-state index is 12.1. The third kappa shape index (κ3) is 3.32. The van der Waals surface area contributed by atoms with Crippen molar-refractivity contribution in [2.24, 2.45) is 5.92 Å². The molecule has 1 aliphatic rings. The lowest BCUT2D eigenvalue weighted by atomic mass is 10.1. The zero-order valence-corrected chi connectivity index (χ0v) is 11.1. The molecule has 1 heterocycles. The van der Waals surface area contributed by atoms with Gasteiger partial charge in [0.15, 0.2) is 0 Å². The maximum absolute atomic E-state index is 12.1. The third-order valence-electron chi connectivity index (χ3n) is 3.34. The molecule has 0 radical (unpaired) electrons. The van der Waals surface area contributed by atoms with Crippen molar-refractivity contribution in [3.8, 4) is 6.07 Å². The van der Waals surface area contributed by atoms with E-state index in [9.17, 15) is 9.59 Å². The van der Waals surface area contributed by atoms with Gasteiger partial charge in [-0.3, -0.25) is 9.59 Å². The Labute approximate surface area is 116 Å². The summed E-state index contributed by atoms with van der Waals surface area (Å²) in [5, 5.41) is 20.4. The number of carboxylic acid groups (broad SMARTS) is 1. The van der Waals surface area contributed by atoms with Crippen LogP contribution in [0.3, 0.4) is 0 Å². The summed E-state index contributed by atoms with van der Waals surface area (Å²) in [5.41, 5.74) is 1.12. The minimum absolute atomic E-state index is 0.0777. The van der Waals surface area contributed by atoms with E-state index < -0.39 is 11.9 Å². The minimum Gasteiger partial charge on any atom is -0.481 e. The third-order valence-corrected chi connectivity index (χ3v) is 3.34. The number of nitrogens with zero attached hydrogens (tertiary/aromatic N) is 2. The van der Waals surface area contributed by atoms with Crippen LogP contribution in [-0.2, 0) is 4.79 Å². The molecule has 6 nitrogen and oxygen atoms in total. The number of aromatic nitrogens is 1. The zero-order chi connectivity index (χ0) is 14.7. The van der Waals surface area contributed by atoms with Crippen molar-refractivity contribution in [3.63, 3.8) is 0 Å². The zero-order valence-electron chi connectivity index (χ0n) is 11.1. The van der Waals surface area contributed by atoms with Crippen LogP contribution in [0.5, 0.6) is 0 Å². The van der Waals surface area contributed by atoms with Crippen molar-refractivity contribution in [3.05, 3.63) is 29.1 Å². The molecule has 1 saturated carbocycles. The summed E-state index contributed by atoms with van der Waals surface area (Å²) < 4.78 is 0. The summed E-state index contributed by atoms with van der Waals surface area (Å²) in [4.78, 5) is 26.9. The summed E-state index contributed by atoms with van der Waals surface area (Å²) in [7, 11) is 0. The van der Waals surface area contributed by atoms with Crippen LogP contribution in [0, 0.1) is 24.2 Å². The second-order valence-electron chi connectivity index (χ2n) is 4.96. The van der Waals surface area contributed by atoms with Crippen LogP contribution < -0.4 is 5.32 Å². The molecule has 1 fully saturated rings. The van der Waals surface area contributed by atoms with Gasteiger partial charge in [0.1, 0.15) is 11.8 Å². The number of rotatable bonds is 5. The minimum atomic E-state index is -0.925. The van der Waals surface area contributed by atoms with Crippen LogP contribution >= 0.6 is 0 Å². The maximum Gasteiger partial charge on any atom is 0.305 e. The van der Waals surface area contributed by atoms with E-state index in [0.717, 1.165) is 12.8 Å². The molecule has 1 aliphatic carbocycles. The number of aliphatic carboxylic acids is 1. The van der Waals surface area contributed by atoms with Crippen molar-refractivity contribution >= 4 is 11.9 Å². The lowest BCUT2D eigenvalue weighted by Gasteiger charge is -2.16. The molecule has 0 aromatic carbocycles. The quantitative estimate of drug-likeness (QED) is 0.840. The van der Waals surface area contributed by atoms with Gasteiger partial charge in [0.05, 0.1) is 17.7 Å². The molecule has 2 rings (SSSR count). The number of hydrogen-bond donors (Lipinski definition) is 2. The number of carboxylic acids is 1. The number of aryl methyl sites for hydroxylation is 1. The highest BCUT2D eigenvalue weighted by atomic mass is 16.4. The largest absolute Gasteiger partial charge is 0.481 e. The first-order valence-corrected chi connectivity index (χ1v) is 6.41. The lowest BCUT2D eigenvalue weighted by molar-refractivity contribution is -0.137. The SMILES string of the molecule is Cc1nc(C(=O)NC(CC(=O)O)C2CC2)ccc1C#N. The number of hydrogen-bond acceptors (Lipinski definition) is 4. The molecule has 0 aliphatic heterocycles. The van der Waals surface area contributed by atoms with Gasteiger partial charge >= 0.3 is 5.97 Å². The van der Waals surface area contributed by atoms with Crippen molar-refractivity contribution < 1.29 is 14.7 Å². The Hall–Kier alpha value is -2.42. The Morgan fingerprint density at radius 1 is 1.55 bits per heavy atom. The van der Waals surface area contributed by atoms with Gasteiger partial charge in [-0.05, 0) is 37.8 Å². The summed E-state index contributed by atoms with van der Waals surface area (Å²) in [6.45, 7) is 1.66. The predicted octanol–water partition coefficient (Wildman–Crippen LogP) is 1.24. The second kappa shape index (κ2) is 5.70. The summed E-state index contributed by atoms with van der Waals surface area (Å²) >= 11 is 0. The van der Waals surface area contributed by atoms with E-state index in [0.29, 0.717) is 11.3 Å². The van der Waals surface area contributed by atoms with Gasteiger partial charge in [-0.2, -0.15) is 5.26 Å². The van der Waals surface area contributed by atoms with E-state index >= 15 is 0 Å². The molecule has 6 heteroatoms. The van der Waals surface area contributed by atoms with Crippen molar-refractivity contribution in [2.75, 3.05) is 0 Å². The van der Waals surface area contributed by atoms with E-state index in [1.807, 2.05) is 6.07 Å². The number of nitrogens with one attached hydrogen (secondary N) is 1. The fourth-order valence-electron chi connectivity index (χ4n) is 2.07. The number of pyridine rings is 1. The van der Waals surface area contributed by atoms with Gasteiger partial charge in [-0.25, -0.2) is 4.98 Å². The molecule has 1 unspecified atom stereocenters. The second-order valence-corrected chi connectivity index (χ2v) is 4.96. The normalized spacial score (nSPS) is 15.2. The molecule has 1 aromatic heterocycles. The average molecular weight is 273 g/mol. The molecular weight excluding hydrogens is 258 g/mol. The topological polar surface area (TPSA) is 103 Å². The van der Waals surface area contributed by atoms with Crippen LogP contribution in [0.25, 0.3) is 0 Å². The van der Waals surface area contributed by atoms with Gasteiger partial charge in [0.2, 0.25) is 0 Å². The highest BCUT2D eigenvalue weighted by Crippen LogP contribution is 2.34. The molecule has 20 heavy (non-hydrogen) atoms. The van der Waals surface area contributed by atoms with Gasteiger partial charge in [-0.1, -0.05) is 0 Å². The summed E-state index contributed by atoms with van der Waals surface area (Å²) in [5.74, 6) is -1.07. The molecule has 0 spiro atoms. The molecule has 1 amide bonds. The summed E-state index contributed by atoms with van der Waals surface area (Å²) in [6.07, 6.45) is 1.81. The molecular formula is C14H15N3O3. The first-order valence-electron chi connectivity index (χ1n) is 6.41. The Balaban J connectivity index is 2.08. The van der Waals surface area contributed by atoms with Gasteiger partial charge in [-0.15, -0.1) is 0 Å². The van der Waals surface area contributed by atoms with Gasteiger partial charge in [0, 0.05) is 6.04 Å². The van der Waals surface area contributed by atoms with Crippen molar-refractivity contribution in [1.82, 2.24) is 10.3 Å². The first-order chi connectivity index (χ1) is 9.51. The van der Waals surface area contributed by atoms with Crippen molar-refractivity contribution in [1.29, 1.82) is 5.26 Å². The number of amides is 1. The summed E-state index contributed by atoms with van der Waals surface area (Å²) in [6, 6.07) is 4.66. The van der Waals surface area contributed by atoms with E-state index in [4.69, 9.17) is 10.4 Å². The van der Waals surface area contributed by atoms with E-state index in [1.165, 1.54) is 6.07 Å². The number of nitriles is 1. The highest BCUT2D eigenvalue weighted by molar-refractivity contribution is 5.93. The van der Waals surface area contributed by atoms with Gasteiger partial charge < -0.3 is 10.4 Å². The fourth-order valence-corrected chi connectivity index (χ4v) is 2.07. The Kier molecular flexibility index (Phi) is 3.99. The fraction of sp³-hybridized carbons (Fsp3) is 0.429. The van der Waals surface area contributed by atoms with E-state index in [-0.39, 0.29) is 24.1 Å². The Morgan fingerprint density at radius 3 is 2.75 bits per heavy atom. The van der Waals surface area contributed by atoms with Crippen LogP contribution in [0.2, 0.25) is 0 Å². The highest BCUT2D eigenvalue weighted by Gasteiger charge is 2.34. The predicted molar refractivity (Wildman–Crippen MR) is 69.9 cm³/mol. The number of carbonyl (C=O) groups excluding carboxylic acids is 1. The molecule has 0 bridgehead atoms. The Morgan fingerprint density at radius 2 is 2.25 bits per heavy atom. The lowest BCUT2D eigenvalue weighted by Crippen LogP contribution is -2.38. The molecule has 1 aromatic rings. The first kappa shape index (κ1) is 14.0.